The molecule has 0 radical (unpaired) electrons. The fraction of sp³-hybridized carbons (Fsp3) is 0.682. The van der Waals surface area contributed by atoms with Gasteiger partial charge in [0, 0.05) is 26.2 Å². The molecule has 0 bridgehead atoms. The van der Waals surface area contributed by atoms with E-state index in [4.69, 9.17) is 0 Å². The van der Waals surface area contributed by atoms with Crippen LogP contribution < -0.4 is 0 Å². The van der Waals surface area contributed by atoms with Crippen molar-refractivity contribution in [2.75, 3.05) is 20.2 Å². The number of hydrogen-bond acceptors (Lipinski definition) is 2. The average molecular weight is 359 g/mol. The summed E-state index contributed by atoms with van der Waals surface area (Å²) in [7, 11) is 1.95. The number of rotatable bonds is 6. The van der Waals surface area contributed by atoms with Crippen LogP contribution in [0.25, 0.3) is 0 Å². The molecule has 1 saturated heterocycles. The second kappa shape index (κ2) is 8.43. The van der Waals surface area contributed by atoms with Crippen LogP contribution in [-0.2, 0) is 5.54 Å². The van der Waals surface area contributed by atoms with Gasteiger partial charge < -0.3 is 14.9 Å². The van der Waals surface area contributed by atoms with Gasteiger partial charge in [0.05, 0.1) is 5.54 Å². The highest BCUT2D eigenvalue weighted by Gasteiger charge is 2.45. The predicted molar refractivity (Wildman–Crippen MR) is 105 cm³/mol. The van der Waals surface area contributed by atoms with Crippen LogP contribution in [0.5, 0.6) is 0 Å². The molecule has 4 heteroatoms. The number of aliphatic hydroxyl groups is 1. The quantitative estimate of drug-likeness (QED) is 0.820. The molecule has 1 saturated carbocycles. The standard InChI is InChI=1S/C22H34N2O2/c1-18(19-10-5-3-6-11-19)24-16-15-22(14-9-17-25,23(2)21(24)26)20-12-7-4-8-13-20/h4,7-8,12-13,18-19,25H,3,5-6,9-11,14-17H2,1-2H3/t18-,22+/m0/s1. The number of urea groups is 1. The lowest BCUT2D eigenvalue weighted by Gasteiger charge is -2.52. The molecular formula is C22H34N2O2. The maximum absolute atomic E-state index is 13.4. The molecule has 144 valence electrons. The van der Waals surface area contributed by atoms with Crippen molar-refractivity contribution in [1.82, 2.24) is 9.80 Å². The van der Waals surface area contributed by atoms with Gasteiger partial charge in [0.15, 0.2) is 0 Å². The SMILES string of the molecule is C[C@@H](C1CCCCC1)N1CC[C@](CCCO)(c2ccccc2)N(C)C1=O. The van der Waals surface area contributed by atoms with E-state index < -0.39 is 0 Å². The fourth-order valence-corrected chi connectivity index (χ4v) is 5.09. The maximum atomic E-state index is 13.4. The third kappa shape index (κ3) is 3.62. The van der Waals surface area contributed by atoms with Gasteiger partial charge in [-0.25, -0.2) is 4.79 Å². The van der Waals surface area contributed by atoms with Crippen molar-refractivity contribution in [2.24, 2.45) is 5.92 Å². The van der Waals surface area contributed by atoms with E-state index >= 15 is 0 Å². The Hall–Kier alpha value is -1.55. The first-order valence-corrected chi connectivity index (χ1v) is 10.3. The molecule has 1 aromatic rings. The van der Waals surface area contributed by atoms with Crippen LogP contribution in [0.2, 0.25) is 0 Å². The van der Waals surface area contributed by atoms with Crippen LogP contribution in [-0.4, -0.2) is 47.2 Å². The topological polar surface area (TPSA) is 43.8 Å². The van der Waals surface area contributed by atoms with Gasteiger partial charge >= 0.3 is 6.03 Å². The molecule has 1 heterocycles. The Kier molecular flexibility index (Phi) is 6.23. The van der Waals surface area contributed by atoms with E-state index in [-0.39, 0.29) is 18.2 Å². The number of carbonyl (C=O) groups is 1. The van der Waals surface area contributed by atoms with Gasteiger partial charge in [0.2, 0.25) is 0 Å². The second-order valence-corrected chi connectivity index (χ2v) is 8.15. The highest BCUT2D eigenvalue weighted by molar-refractivity contribution is 5.77. The van der Waals surface area contributed by atoms with Gasteiger partial charge in [0.25, 0.3) is 0 Å². The minimum Gasteiger partial charge on any atom is -0.396 e. The van der Waals surface area contributed by atoms with Gasteiger partial charge in [-0.1, -0.05) is 49.6 Å². The molecule has 0 aromatic heterocycles. The molecule has 1 N–H and O–H groups in total. The van der Waals surface area contributed by atoms with Crippen molar-refractivity contribution in [3.8, 4) is 0 Å². The van der Waals surface area contributed by atoms with Gasteiger partial charge in [-0.2, -0.15) is 0 Å². The van der Waals surface area contributed by atoms with Crippen LogP contribution in [0, 0.1) is 5.92 Å². The summed E-state index contributed by atoms with van der Waals surface area (Å²) in [5, 5.41) is 9.41. The normalized spacial score (nSPS) is 26.2. The summed E-state index contributed by atoms with van der Waals surface area (Å²) in [5.74, 6) is 0.641. The van der Waals surface area contributed by atoms with E-state index in [0.717, 1.165) is 19.4 Å². The molecule has 1 aliphatic heterocycles. The summed E-state index contributed by atoms with van der Waals surface area (Å²) < 4.78 is 0. The number of carbonyl (C=O) groups excluding carboxylic acids is 1. The zero-order valence-corrected chi connectivity index (χ0v) is 16.4. The molecule has 2 fully saturated rings. The summed E-state index contributed by atoms with van der Waals surface area (Å²) in [6, 6.07) is 10.8. The van der Waals surface area contributed by atoms with E-state index in [2.05, 4.69) is 24.0 Å². The van der Waals surface area contributed by atoms with Gasteiger partial charge in [-0.3, -0.25) is 0 Å². The van der Waals surface area contributed by atoms with E-state index in [9.17, 15) is 9.90 Å². The first kappa shape index (κ1) is 19.2. The predicted octanol–water partition coefficient (Wildman–Crippen LogP) is 4.38. The van der Waals surface area contributed by atoms with E-state index in [1.807, 2.05) is 30.1 Å². The zero-order chi connectivity index (χ0) is 18.6. The molecule has 3 rings (SSSR count). The molecule has 2 amide bonds. The van der Waals surface area contributed by atoms with Crippen molar-refractivity contribution in [3.63, 3.8) is 0 Å². The zero-order valence-electron chi connectivity index (χ0n) is 16.4. The Balaban J connectivity index is 1.81. The average Bonchev–Trinajstić information content (AvgIpc) is 2.70. The first-order chi connectivity index (χ1) is 12.6. The van der Waals surface area contributed by atoms with Crippen LogP contribution in [0.15, 0.2) is 30.3 Å². The molecule has 2 aliphatic rings. The van der Waals surface area contributed by atoms with E-state index in [1.165, 1.54) is 37.7 Å². The fourth-order valence-electron chi connectivity index (χ4n) is 5.09. The third-order valence-electron chi connectivity index (χ3n) is 6.82. The smallest absolute Gasteiger partial charge is 0.320 e. The van der Waals surface area contributed by atoms with Crippen LogP contribution in [0.1, 0.15) is 63.9 Å². The Labute approximate surface area is 158 Å². The van der Waals surface area contributed by atoms with Crippen molar-refractivity contribution >= 4 is 6.03 Å². The lowest BCUT2D eigenvalue weighted by atomic mass is 9.78. The molecule has 0 spiro atoms. The van der Waals surface area contributed by atoms with E-state index in [1.54, 1.807) is 0 Å². The summed E-state index contributed by atoms with van der Waals surface area (Å²) in [5.41, 5.74) is 0.887. The highest BCUT2D eigenvalue weighted by Crippen LogP contribution is 2.41. The Morgan fingerprint density at radius 3 is 2.54 bits per heavy atom. The van der Waals surface area contributed by atoms with Crippen LogP contribution in [0.4, 0.5) is 4.79 Å². The van der Waals surface area contributed by atoms with Crippen molar-refractivity contribution in [1.29, 1.82) is 0 Å². The van der Waals surface area contributed by atoms with Crippen LogP contribution in [0.3, 0.4) is 0 Å². The van der Waals surface area contributed by atoms with Crippen molar-refractivity contribution in [2.45, 2.75) is 69.9 Å². The van der Waals surface area contributed by atoms with E-state index in [0.29, 0.717) is 18.4 Å². The van der Waals surface area contributed by atoms with Gasteiger partial charge in [-0.05, 0) is 50.5 Å². The lowest BCUT2D eigenvalue weighted by Crippen LogP contribution is -2.61. The molecule has 1 aromatic carbocycles. The lowest BCUT2D eigenvalue weighted by molar-refractivity contribution is 0.0199. The Morgan fingerprint density at radius 1 is 1.19 bits per heavy atom. The number of benzene rings is 1. The number of hydrogen-bond donors (Lipinski definition) is 1. The summed E-state index contributed by atoms with van der Waals surface area (Å²) in [4.78, 5) is 17.4. The number of amides is 2. The minimum atomic E-state index is -0.302. The van der Waals surface area contributed by atoms with Gasteiger partial charge in [-0.15, -0.1) is 0 Å². The largest absolute Gasteiger partial charge is 0.396 e. The number of nitrogens with zero attached hydrogens (tertiary/aromatic N) is 2. The van der Waals surface area contributed by atoms with Crippen LogP contribution >= 0.6 is 0 Å². The van der Waals surface area contributed by atoms with Crippen molar-refractivity contribution < 1.29 is 9.90 Å². The summed E-state index contributed by atoms with van der Waals surface area (Å²) in [6.45, 7) is 3.21. The highest BCUT2D eigenvalue weighted by atomic mass is 16.3. The first-order valence-electron chi connectivity index (χ1n) is 10.3. The number of aliphatic hydroxyl groups excluding tert-OH is 1. The Bertz CT molecular complexity index is 585. The van der Waals surface area contributed by atoms with Gasteiger partial charge in [0.1, 0.15) is 0 Å². The molecule has 26 heavy (non-hydrogen) atoms. The summed E-state index contributed by atoms with van der Waals surface area (Å²) >= 11 is 0. The molecule has 4 nitrogen and oxygen atoms in total. The maximum Gasteiger partial charge on any atom is 0.320 e. The second-order valence-electron chi connectivity index (χ2n) is 8.15. The van der Waals surface area contributed by atoms with Crippen molar-refractivity contribution in [3.05, 3.63) is 35.9 Å². The molecule has 0 unspecified atom stereocenters. The summed E-state index contributed by atoms with van der Waals surface area (Å²) in [6.07, 6.45) is 8.90. The third-order valence-corrected chi connectivity index (χ3v) is 6.82. The molecule has 2 atom stereocenters. The Morgan fingerprint density at radius 2 is 1.88 bits per heavy atom. The molecular weight excluding hydrogens is 324 g/mol. The molecule has 1 aliphatic carbocycles. The monoisotopic (exact) mass is 358 g/mol. The minimum absolute atomic E-state index is 0.149.